The first-order valence-electron chi connectivity index (χ1n) is 6.17. The van der Waals surface area contributed by atoms with E-state index in [0.29, 0.717) is 15.6 Å². The van der Waals surface area contributed by atoms with Gasteiger partial charge in [-0.15, -0.1) is 0 Å². The van der Waals surface area contributed by atoms with Crippen LogP contribution < -0.4 is 10.1 Å². The Balaban J connectivity index is 2.20. The highest BCUT2D eigenvalue weighted by atomic mass is 35.5. The Morgan fingerprint density at radius 2 is 1.68 bits per heavy atom. The van der Waals surface area contributed by atoms with E-state index in [0.717, 1.165) is 0 Å². The van der Waals surface area contributed by atoms with E-state index in [2.05, 4.69) is 5.32 Å². The zero-order chi connectivity index (χ0) is 16.1. The van der Waals surface area contributed by atoms with Crippen molar-refractivity contribution >= 4 is 40.8 Å². The predicted molar refractivity (Wildman–Crippen MR) is 84.0 cm³/mol. The van der Waals surface area contributed by atoms with Crippen LogP contribution in [-0.4, -0.2) is 23.6 Å². The van der Waals surface area contributed by atoms with Crippen LogP contribution in [0.1, 0.15) is 10.4 Å². The summed E-state index contributed by atoms with van der Waals surface area (Å²) >= 11 is 11.7. The summed E-state index contributed by atoms with van der Waals surface area (Å²) in [7, 11) is 0. The van der Waals surface area contributed by atoms with E-state index in [9.17, 15) is 9.59 Å². The van der Waals surface area contributed by atoms with Crippen LogP contribution in [0.15, 0.2) is 42.5 Å². The summed E-state index contributed by atoms with van der Waals surface area (Å²) in [5.74, 6) is -1.29. The van der Waals surface area contributed by atoms with Crippen molar-refractivity contribution in [2.45, 2.75) is 0 Å². The van der Waals surface area contributed by atoms with Crippen LogP contribution in [0.4, 0.5) is 5.69 Å². The zero-order valence-corrected chi connectivity index (χ0v) is 12.7. The number of amides is 1. The minimum atomic E-state index is -1.12. The van der Waals surface area contributed by atoms with Crippen LogP contribution in [0.5, 0.6) is 5.75 Å². The second-order valence-electron chi connectivity index (χ2n) is 4.28. The van der Waals surface area contributed by atoms with Crippen molar-refractivity contribution in [2.75, 3.05) is 11.9 Å². The maximum atomic E-state index is 12.2. The van der Waals surface area contributed by atoms with Gasteiger partial charge in [0.15, 0.2) is 6.61 Å². The molecule has 0 spiro atoms. The molecule has 0 aliphatic rings. The summed E-state index contributed by atoms with van der Waals surface area (Å²) in [6, 6.07) is 10.8. The highest BCUT2D eigenvalue weighted by molar-refractivity contribution is 6.31. The van der Waals surface area contributed by atoms with Gasteiger partial charge in [0.1, 0.15) is 5.75 Å². The second kappa shape index (κ2) is 7.15. The molecule has 0 aromatic heterocycles. The average Bonchev–Trinajstić information content (AvgIpc) is 2.47. The highest BCUT2D eigenvalue weighted by Gasteiger charge is 2.12. The molecule has 0 aliphatic heterocycles. The van der Waals surface area contributed by atoms with Gasteiger partial charge >= 0.3 is 5.97 Å². The van der Waals surface area contributed by atoms with Crippen molar-refractivity contribution in [1.82, 2.24) is 0 Å². The fourth-order valence-electron chi connectivity index (χ4n) is 1.66. The summed E-state index contributed by atoms with van der Waals surface area (Å²) in [5, 5.41) is 12.2. The standard InChI is InChI=1S/C15H11Cl2NO4/c16-10-3-1-9(2-4-10)15(21)18-12-7-11(17)5-6-13(12)22-8-14(19)20/h1-7H,8H2,(H,18,21)(H,19,20). The number of carbonyl (C=O) groups excluding carboxylic acids is 1. The molecule has 7 heteroatoms. The molecule has 2 aromatic rings. The number of anilines is 1. The number of carbonyl (C=O) groups is 2. The van der Waals surface area contributed by atoms with Gasteiger partial charge in [-0.2, -0.15) is 0 Å². The van der Waals surface area contributed by atoms with Crippen molar-refractivity contribution in [2.24, 2.45) is 0 Å². The van der Waals surface area contributed by atoms with Gasteiger partial charge in [0.05, 0.1) is 5.69 Å². The number of ether oxygens (including phenoxy) is 1. The lowest BCUT2D eigenvalue weighted by molar-refractivity contribution is -0.139. The molecule has 1 amide bonds. The molecule has 0 saturated carbocycles. The predicted octanol–water partition coefficient (Wildman–Crippen LogP) is 3.71. The van der Waals surface area contributed by atoms with Crippen LogP contribution in [0.25, 0.3) is 0 Å². The Labute approximate surface area is 136 Å². The number of hydrogen-bond acceptors (Lipinski definition) is 3. The van der Waals surface area contributed by atoms with E-state index in [1.54, 1.807) is 24.3 Å². The van der Waals surface area contributed by atoms with Crippen LogP contribution in [0.2, 0.25) is 10.0 Å². The number of carboxylic acid groups (broad SMARTS) is 1. The summed E-state index contributed by atoms with van der Waals surface area (Å²) in [4.78, 5) is 22.7. The molecule has 0 bridgehead atoms. The molecular formula is C15H11Cl2NO4. The Kier molecular flexibility index (Phi) is 5.25. The van der Waals surface area contributed by atoms with E-state index in [4.69, 9.17) is 33.0 Å². The van der Waals surface area contributed by atoms with E-state index < -0.39 is 12.6 Å². The number of aliphatic carboxylic acids is 1. The molecule has 0 radical (unpaired) electrons. The van der Waals surface area contributed by atoms with E-state index in [-0.39, 0.29) is 17.3 Å². The van der Waals surface area contributed by atoms with Gasteiger partial charge in [0, 0.05) is 15.6 Å². The second-order valence-corrected chi connectivity index (χ2v) is 5.16. The third-order valence-electron chi connectivity index (χ3n) is 2.65. The number of halogens is 2. The lowest BCUT2D eigenvalue weighted by Crippen LogP contribution is -2.15. The van der Waals surface area contributed by atoms with Crippen molar-refractivity contribution in [3.05, 3.63) is 58.1 Å². The van der Waals surface area contributed by atoms with Gasteiger partial charge in [0.2, 0.25) is 0 Å². The van der Waals surface area contributed by atoms with E-state index >= 15 is 0 Å². The number of carboxylic acids is 1. The average molecular weight is 340 g/mol. The Morgan fingerprint density at radius 1 is 1.05 bits per heavy atom. The molecule has 0 aliphatic carbocycles. The Bertz CT molecular complexity index is 701. The molecule has 0 atom stereocenters. The molecule has 0 saturated heterocycles. The molecule has 0 fully saturated rings. The van der Waals surface area contributed by atoms with Gasteiger partial charge < -0.3 is 15.2 Å². The van der Waals surface area contributed by atoms with Gasteiger partial charge in [-0.25, -0.2) is 4.79 Å². The molecule has 2 N–H and O–H groups in total. The maximum absolute atomic E-state index is 12.2. The topological polar surface area (TPSA) is 75.6 Å². The lowest BCUT2D eigenvalue weighted by atomic mass is 10.2. The van der Waals surface area contributed by atoms with Crippen molar-refractivity contribution in [3.8, 4) is 5.75 Å². The fraction of sp³-hybridized carbons (Fsp3) is 0.0667. The Morgan fingerprint density at radius 3 is 2.32 bits per heavy atom. The van der Waals surface area contributed by atoms with Crippen molar-refractivity contribution in [1.29, 1.82) is 0 Å². The number of hydrogen-bond donors (Lipinski definition) is 2. The van der Waals surface area contributed by atoms with Gasteiger partial charge in [-0.1, -0.05) is 23.2 Å². The summed E-state index contributed by atoms with van der Waals surface area (Å²) in [6.07, 6.45) is 0. The van der Waals surface area contributed by atoms with Crippen LogP contribution in [0, 0.1) is 0 Å². The molecular weight excluding hydrogens is 329 g/mol. The number of benzene rings is 2. The minimum Gasteiger partial charge on any atom is -0.480 e. The normalized spacial score (nSPS) is 10.1. The lowest BCUT2D eigenvalue weighted by Gasteiger charge is -2.12. The maximum Gasteiger partial charge on any atom is 0.341 e. The molecule has 2 rings (SSSR count). The third kappa shape index (κ3) is 4.38. The summed E-state index contributed by atoms with van der Waals surface area (Å²) in [6.45, 7) is -0.522. The first-order chi connectivity index (χ1) is 10.5. The SMILES string of the molecule is O=C(O)COc1ccc(Cl)cc1NC(=O)c1ccc(Cl)cc1. The number of nitrogens with one attached hydrogen (secondary N) is 1. The van der Waals surface area contributed by atoms with Crippen LogP contribution in [0.3, 0.4) is 0 Å². The Hall–Kier alpha value is -2.24. The van der Waals surface area contributed by atoms with Crippen LogP contribution in [-0.2, 0) is 4.79 Å². The summed E-state index contributed by atoms with van der Waals surface area (Å²) < 4.78 is 5.12. The molecule has 0 unspecified atom stereocenters. The third-order valence-corrected chi connectivity index (χ3v) is 3.13. The van der Waals surface area contributed by atoms with E-state index in [1.807, 2.05) is 0 Å². The van der Waals surface area contributed by atoms with Crippen molar-refractivity contribution < 1.29 is 19.4 Å². The molecule has 2 aromatic carbocycles. The molecule has 0 heterocycles. The molecule has 114 valence electrons. The largest absolute Gasteiger partial charge is 0.480 e. The fourth-order valence-corrected chi connectivity index (χ4v) is 1.96. The highest BCUT2D eigenvalue weighted by Crippen LogP contribution is 2.28. The molecule has 22 heavy (non-hydrogen) atoms. The van der Waals surface area contributed by atoms with Gasteiger partial charge in [-0.3, -0.25) is 4.79 Å². The minimum absolute atomic E-state index is 0.217. The first-order valence-corrected chi connectivity index (χ1v) is 6.92. The summed E-state index contributed by atoms with van der Waals surface area (Å²) in [5.41, 5.74) is 0.683. The van der Waals surface area contributed by atoms with Crippen LogP contribution >= 0.6 is 23.2 Å². The monoisotopic (exact) mass is 339 g/mol. The number of rotatable bonds is 5. The molecule has 5 nitrogen and oxygen atoms in total. The van der Waals surface area contributed by atoms with Gasteiger partial charge in [0.25, 0.3) is 5.91 Å². The van der Waals surface area contributed by atoms with E-state index in [1.165, 1.54) is 18.2 Å². The van der Waals surface area contributed by atoms with Crippen molar-refractivity contribution in [3.63, 3.8) is 0 Å². The zero-order valence-electron chi connectivity index (χ0n) is 11.2. The van der Waals surface area contributed by atoms with Gasteiger partial charge in [-0.05, 0) is 42.5 Å². The quantitative estimate of drug-likeness (QED) is 0.870. The first kappa shape index (κ1) is 16.1. The smallest absolute Gasteiger partial charge is 0.341 e.